The highest BCUT2D eigenvalue weighted by Crippen LogP contribution is 2.43. The summed E-state index contributed by atoms with van der Waals surface area (Å²) in [6.07, 6.45) is 3.43. The van der Waals surface area contributed by atoms with E-state index in [1.54, 1.807) is 0 Å². The molecule has 3 rings (SSSR count). The molecular formula is C15H18N2O6S. The molecule has 1 heterocycles. The Morgan fingerprint density at radius 3 is 2.58 bits per heavy atom. The van der Waals surface area contributed by atoms with Crippen LogP contribution in [0.2, 0.25) is 0 Å². The number of sulfonamides is 1. The summed E-state index contributed by atoms with van der Waals surface area (Å²) in [4.78, 5) is 21.6. The molecule has 0 amide bonds. The number of hydrogen-bond acceptors (Lipinski definition) is 5. The molecule has 2 fully saturated rings. The van der Waals surface area contributed by atoms with E-state index in [2.05, 4.69) is 0 Å². The maximum atomic E-state index is 13.1. The van der Waals surface area contributed by atoms with Crippen LogP contribution in [0.15, 0.2) is 29.2 Å². The molecule has 1 aliphatic heterocycles. The number of nitro groups is 1. The van der Waals surface area contributed by atoms with E-state index in [9.17, 15) is 28.4 Å². The number of carbonyl (C=O) groups is 1. The summed E-state index contributed by atoms with van der Waals surface area (Å²) in [5, 5.41) is 20.7. The van der Waals surface area contributed by atoms with E-state index in [0.717, 1.165) is 29.6 Å². The average Bonchev–Trinajstić information content (AvgIpc) is 2.95. The first-order chi connectivity index (χ1) is 11.3. The molecule has 9 heteroatoms. The Hall–Kier alpha value is -2.00. The van der Waals surface area contributed by atoms with E-state index in [4.69, 9.17) is 0 Å². The van der Waals surface area contributed by atoms with Crippen molar-refractivity contribution in [1.82, 2.24) is 4.31 Å². The lowest BCUT2D eigenvalue weighted by atomic mass is 9.85. The second-order valence-corrected chi connectivity index (χ2v) is 8.07. The number of aliphatic carboxylic acids is 1. The molecule has 0 radical (unpaired) electrons. The lowest BCUT2D eigenvalue weighted by Gasteiger charge is -2.31. The first kappa shape index (κ1) is 16.8. The Morgan fingerprint density at radius 1 is 1.25 bits per heavy atom. The first-order valence-corrected chi connectivity index (χ1v) is 9.28. The number of nitro benzene ring substituents is 1. The van der Waals surface area contributed by atoms with Crippen LogP contribution in [0.4, 0.5) is 5.69 Å². The summed E-state index contributed by atoms with van der Waals surface area (Å²) in [5.41, 5.74) is -0.527. The van der Waals surface area contributed by atoms with E-state index in [1.807, 2.05) is 0 Å². The van der Waals surface area contributed by atoms with E-state index in [1.165, 1.54) is 18.2 Å². The van der Waals surface area contributed by atoms with Gasteiger partial charge in [-0.05, 0) is 31.2 Å². The van der Waals surface area contributed by atoms with Gasteiger partial charge < -0.3 is 5.11 Å². The van der Waals surface area contributed by atoms with Gasteiger partial charge in [-0.2, -0.15) is 4.31 Å². The molecule has 0 spiro atoms. The molecule has 0 aromatic heterocycles. The summed E-state index contributed by atoms with van der Waals surface area (Å²) in [6, 6.07) is 3.52. The first-order valence-electron chi connectivity index (χ1n) is 7.84. The monoisotopic (exact) mass is 354 g/mol. The Balaban J connectivity index is 2.10. The molecule has 8 nitrogen and oxygen atoms in total. The molecule has 1 saturated heterocycles. The van der Waals surface area contributed by atoms with Crippen LogP contribution in [-0.2, 0) is 14.8 Å². The summed E-state index contributed by atoms with van der Waals surface area (Å²) < 4.78 is 27.2. The van der Waals surface area contributed by atoms with Crippen molar-refractivity contribution in [2.75, 3.05) is 0 Å². The minimum Gasteiger partial charge on any atom is -0.480 e. The average molecular weight is 354 g/mol. The number of rotatable bonds is 4. The minimum atomic E-state index is -4.27. The van der Waals surface area contributed by atoms with E-state index in [0.29, 0.717) is 6.42 Å². The number of fused-ring (bicyclic) bond motifs is 1. The van der Waals surface area contributed by atoms with Crippen molar-refractivity contribution < 1.29 is 23.2 Å². The zero-order chi connectivity index (χ0) is 17.5. The fourth-order valence-corrected chi connectivity index (χ4v) is 5.94. The summed E-state index contributed by atoms with van der Waals surface area (Å²) in [5.74, 6) is -1.20. The van der Waals surface area contributed by atoms with Crippen LogP contribution in [0.1, 0.15) is 32.1 Å². The molecule has 1 N–H and O–H groups in total. The number of benzene rings is 1. The molecule has 3 atom stereocenters. The second kappa shape index (κ2) is 6.14. The predicted molar refractivity (Wildman–Crippen MR) is 83.9 cm³/mol. The van der Waals surface area contributed by atoms with Gasteiger partial charge in [0.15, 0.2) is 4.90 Å². The van der Waals surface area contributed by atoms with Crippen LogP contribution < -0.4 is 0 Å². The maximum Gasteiger partial charge on any atom is 0.322 e. The van der Waals surface area contributed by atoms with Gasteiger partial charge in [0.05, 0.1) is 4.92 Å². The highest BCUT2D eigenvalue weighted by Gasteiger charge is 2.52. The summed E-state index contributed by atoms with van der Waals surface area (Å²) in [7, 11) is -4.27. The predicted octanol–water partition coefficient (Wildman–Crippen LogP) is 2.00. The van der Waals surface area contributed by atoms with Crippen LogP contribution in [0.25, 0.3) is 0 Å². The van der Waals surface area contributed by atoms with Crippen molar-refractivity contribution in [3.05, 3.63) is 34.4 Å². The maximum absolute atomic E-state index is 13.1. The van der Waals surface area contributed by atoms with E-state index >= 15 is 0 Å². The normalized spacial score (nSPS) is 27.6. The van der Waals surface area contributed by atoms with Crippen molar-refractivity contribution in [3.63, 3.8) is 0 Å². The topological polar surface area (TPSA) is 118 Å². The number of hydrogen-bond donors (Lipinski definition) is 1. The van der Waals surface area contributed by atoms with Crippen molar-refractivity contribution in [1.29, 1.82) is 0 Å². The quantitative estimate of drug-likeness (QED) is 0.652. The third-order valence-electron chi connectivity index (χ3n) is 4.93. The van der Waals surface area contributed by atoms with E-state index < -0.39 is 43.6 Å². The van der Waals surface area contributed by atoms with Gasteiger partial charge in [-0.25, -0.2) is 8.42 Å². The molecule has 24 heavy (non-hydrogen) atoms. The second-order valence-electron chi connectivity index (χ2n) is 6.26. The van der Waals surface area contributed by atoms with Crippen molar-refractivity contribution in [2.24, 2.45) is 5.92 Å². The molecule has 1 aliphatic carbocycles. The minimum absolute atomic E-state index is 0.00241. The number of para-hydroxylation sites is 1. The highest BCUT2D eigenvalue weighted by molar-refractivity contribution is 7.89. The Kier molecular flexibility index (Phi) is 4.31. The van der Waals surface area contributed by atoms with Gasteiger partial charge in [-0.3, -0.25) is 14.9 Å². The largest absolute Gasteiger partial charge is 0.480 e. The number of carboxylic acids is 1. The molecule has 1 saturated carbocycles. The molecule has 130 valence electrons. The third-order valence-corrected chi connectivity index (χ3v) is 6.91. The molecule has 0 bridgehead atoms. The lowest BCUT2D eigenvalue weighted by Crippen LogP contribution is -2.46. The van der Waals surface area contributed by atoms with Crippen molar-refractivity contribution in [2.45, 2.75) is 49.1 Å². The Bertz CT molecular complexity index is 778. The van der Waals surface area contributed by atoms with Crippen molar-refractivity contribution >= 4 is 21.7 Å². The van der Waals surface area contributed by atoms with Gasteiger partial charge in [-0.15, -0.1) is 0 Å². The Labute approximate surface area is 139 Å². The fraction of sp³-hybridized carbons (Fsp3) is 0.533. The van der Waals surface area contributed by atoms with Gasteiger partial charge in [0.2, 0.25) is 0 Å². The van der Waals surface area contributed by atoms with Crippen LogP contribution >= 0.6 is 0 Å². The fourth-order valence-electron chi connectivity index (χ4n) is 3.91. The zero-order valence-corrected chi connectivity index (χ0v) is 13.7. The van der Waals surface area contributed by atoms with Gasteiger partial charge in [-0.1, -0.05) is 25.0 Å². The van der Waals surface area contributed by atoms with Crippen LogP contribution in [0.3, 0.4) is 0 Å². The molecule has 1 aromatic carbocycles. The molecule has 3 unspecified atom stereocenters. The third kappa shape index (κ3) is 2.67. The number of carboxylic acid groups (broad SMARTS) is 1. The molecular weight excluding hydrogens is 336 g/mol. The van der Waals surface area contributed by atoms with Gasteiger partial charge in [0, 0.05) is 12.1 Å². The van der Waals surface area contributed by atoms with Gasteiger partial charge in [0.1, 0.15) is 6.04 Å². The van der Waals surface area contributed by atoms with Gasteiger partial charge in [0.25, 0.3) is 15.7 Å². The van der Waals surface area contributed by atoms with Gasteiger partial charge >= 0.3 is 5.97 Å². The highest BCUT2D eigenvalue weighted by atomic mass is 32.2. The standard InChI is InChI=1S/C15H18N2O6S/c18-15(19)13-9-10-5-1-2-6-11(10)16(13)24(22,23)14-8-4-3-7-12(14)17(20)21/h3-4,7-8,10-11,13H,1-2,5-6,9H2,(H,18,19). The lowest BCUT2D eigenvalue weighted by molar-refractivity contribution is -0.387. The van der Waals surface area contributed by atoms with Crippen LogP contribution in [-0.4, -0.2) is 40.8 Å². The SMILES string of the molecule is O=C(O)C1CC2CCCCC2N1S(=O)(=O)c1ccccc1[N+](=O)[O-]. The zero-order valence-electron chi connectivity index (χ0n) is 12.9. The number of nitrogens with zero attached hydrogens (tertiary/aromatic N) is 2. The van der Waals surface area contributed by atoms with E-state index in [-0.39, 0.29) is 12.3 Å². The summed E-state index contributed by atoms with van der Waals surface area (Å²) >= 11 is 0. The molecule has 1 aromatic rings. The van der Waals surface area contributed by atoms with Crippen LogP contribution in [0, 0.1) is 16.0 Å². The molecule has 2 aliphatic rings. The van der Waals surface area contributed by atoms with Crippen molar-refractivity contribution in [3.8, 4) is 0 Å². The smallest absolute Gasteiger partial charge is 0.322 e. The summed E-state index contributed by atoms with van der Waals surface area (Å²) in [6.45, 7) is 0. The van der Waals surface area contributed by atoms with Crippen LogP contribution in [0.5, 0.6) is 0 Å². The Morgan fingerprint density at radius 2 is 1.92 bits per heavy atom.